The van der Waals surface area contributed by atoms with Crippen molar-refractivity contribution in [3.63, 3.8) is 0 Å². The summed E-state index contributed by atoms with van der Waals surface area (Å²) in [5.74, 6) is 0.0513. The Morgan fingerprint density at radius 3 is 2.65 bits per heavy atom. The maximum absolute atomic E-state index is 12.7. The molecule has 130 valence electrons. The van der Waals surface area contributed by atoms with E-state index >= 15 is 0 Å². The molecule has 1 N–H and O–H groups in total. The molecule has 5 heteroatoms. The van der Waals surface area contributed by atoms with E-state index < -0.39 is 0 Å². The molecule has 4 aromatic rings. The lowest BCUT2D eigenvalue weighted by molar-refractivity contribution is -0.117. The van der Waals surface area contributed by atoms with E-state index in [0.717, 1.165) is 16.4 Å². The van der Waals surface area contributed by atoms with Crippen molar-refractivity contribution >= 4 is 33.5 Å². The molecule has 0 fully saturated rings. The molecule has 0 aliphatic rings. The van der Waals surface area contributed by atoms with Gasteiger partial charge >= 0.3 is 0 Å². The molecule has 26 heavy (non-hydrogen) atoms. The molecule has 0 aliphatic heterocycles. The predicted molar refractivity (Wildman–Crippen MR) is 102 cm³/mol. The lowest BCUT2D eigenvalue weighted by Gasteiger charge is -2.14. The van der Waals surface area contributed by atoms with Crippen LogP contribution in [0.15, 0.2) is 65.2 Å². The Morgan fingerprint density at radius 1 is 1.08 bits per heavy atom. The number of fused-ring (bicyclic) bond motifs is 3. The molecule has 0 spiro atoms. The molecule has 0 bridgehead atoms. The van der Waals surface area contributed by atoms with Crippen LogP contribution in [0.25, 0.3) is 21.9 Å². The second-order valence-corrected chi connectivity index (χ2v) is 6.11. The van der Waals surface area contributed by atoms with Crippen LogP contribution in [0.1, 0.15) is 18.5 Å². The van der Waals surface area contributed by atoms with E-state index in [2.05, 4.69) is 10.3 Å². The van der Waals surface area contributed by atoms with E-state index in [9.17, 15) is 4.79 Å². The minimum absolute atomic E-state index is 0.155. The summed E-state index contributed by atoms with van der Waals surface area (Å²) in [5.41, 5.74) is 2.79. The number of nitrogens with zero attached hydrogens (tertiary/aromatic N) is 1. The quantitative estimate of drug-likeness (QED) is 0.580. The van der Waals surface area contributed by atoms with Crippen molar-refractivity contribution in [3.05, 3.63) is 66.5 Å². The fourth-order valence-electron chi connectivity index (χ4n) is 3.03. The van der Waals surface area contributed by atoms with Crippen molar-refractivity contribution in [2.75, 3.05) is 12.4 Å². The topological polar surface area (TPSA) is 64.4 Å². The fraction of sp³-hybridized carbons (Fsp3) is 0.143. The third kappa shape index (κ3) is 2.77. The Balaban J connectivity index is 1.71. The highest BCUT2D eigenvalue weighted by atomic mass is 16.5. The lowest BCUT2D eigenvalue weighted by atomic mass is 10.1. The van der Waals surface area contributed by atoms with Crippen molar-refractivity contribution in [1.29, 1.82) is 0 Å². The van der Waals surface area contributed by atoms with Gasteiger partial charge in [-0.3, -0.25) is 9.78 Å². The minimum atomic E-state index is -0.382. The number of aromatic nitrogens is 1. The molecule has 5 nitrogen and oxygen atoms in total. The maximum atomic E-state index is 12.7. The Kier molecular flexibility index (Phi) is 4.05. The molecular weight excluding hydrogens is 328 g/mol. The van der Waals surface area contributed by atoms with Gasteiger partial charge in [-0.05, 0) is 31.2 Å². The van der Waals surface area contributed by atoms with Crippen LogP contribution in [-0.4, -0.2) is 18.0 Å². The van der Waals surface area contributed by atoms with Crippen LogP contribution in [0.3, 0.4) is 0 Å². The van der Waals surface area contributed by atoms with Crippen molar-refractivity contribution in [2.45, 2.75) is 12.8 Å². The second-order valence-electron chi connectivity index (χ2n) is 6.11. The van der Waals surface area contributed by atoms with Gasteiger partial charge in [0.05, 0.1) is 24.4 Å². The Hall–Kier alpha value is -3.34. The van der Waals surface area contributed by atoms with E-state index in [1.54, 1.807) is 19.4 Å². The normalized spacial score (nSPS) is 12.2. The standard InChI is InChI=1S/C21H18N2O3/c1-13(16-8-5-6-10-22-16)21(24)23-17-12-19-15(11-20(17)25-2)14-7-3-4-9-18(14)26-19/h3-13H,1-2H3,(H,23,24)/t13-/m0/s1. The van der Waals surface area contributed by atoms with Crippen molar-refractivity contribution in [1.82, 2.24) is 4.98 Å². The number of furan rings is 1. The molecule has 2 aromatic carbocycles. The zero-order chi connectivity index (χ0) is 18.1. The summed E-state index contributed by atoms with van der Waals surface area (Å²) in [6.45, 7) is 1.82. The summed E-state index contributed by atoms with van der Waals surface area (Å²) in [6.07, 6.45) is 1.68. The van der Waals surface area contributed by atoms with E-state index in [1.165, 1.54) is 0 Å². The Bertz CT molecular complexity index is 1090. The van der Waals surface area contributed by atoms with Crippen LogP contribution in [0.4, 0.5) is 5.69 Å². The van der Waals surface area contributed by atoms with Crippen LogP contribution in [0.2, 0.25) is 0 Å². The molecule has 1 atom stereocenters. The Morgan fingerprint density at radius 2 is 1.88 bits per heavy atom. The van der Waals surface area contributed by atoms with E-state index in [-0.39, 0.29) is 11.8 Å². The number of anilines is 1. The highest BCUT2D eigenvalue weighted by molar-refractivity contribution is 6.08. The number of hydrogen-bond acceptors (Lipinski definition) is 4. The first-order valence-electron chi connectivity index (χ1n) is 8.38. The van der Waals surface area contributed by atoms with Gasteiger partial charge in [-0.15, -0.1) is 0 Å². The molecular formula is C21H18N2O3. The molecule has 2 heterocycles. The molecule has 4 rings (SSSR count). The Labute approximate surface area is 150 Å². The molecule has 0 saturated carbocycles. The number of ether oxygens (including phenoxy) is 1. The number of methoxy groups -OCH3 is 1. The number of rotatable bonds is 4. The first kappa shape index (κ1) is 16.1. The number of carbonyl (C=O) groups is 1. The van der Waals surface area contributed by atoms with Crippen molar-refractivity contribution in [2.24, 2.45) is 0 Å². The summed E-state index contributed by atoms with van der Waals surface area (Å²) in [7, 11) is 1.58. The molecule has 1 amide bonds. The minimum Gasteiger partial charge on any atom is -0.495 e. The van der Waals surface area contributed by atoms with Gasteiger partial charge in [0.2, 0.25) is 5.91 Å². The van der Waals surface area contributed by atoms with E-state index in [1.807, 2.05) is 55.5 Å². The first-order valence-corrected chi connectivity index (χ1v) is 8.38. The summed E-state index contributed by atoms with van der Waals surface area (Å²) in [5, 5.41) is 4.90. The largest absolute Gasteiger partial charge is 0.495 e. The molecule has 2 aromatic heterocycles. The van der Waals surface area contributed by atoms with Gasteiger partial charge in [0.15, 0.2) is 0 Å². The van der Waals surface area contributed by atoms with Gasteiger partial charge in [0.1, 0.15) is 16.9 Å². The molecule has 0 saturated heterocycles. The average molecular weight is 346 g/mol. The van der Waals surface area contributed by atoms with Crippen LogP contribution in [-0.2, 0) is 4.79 Å². The van der Waals surface area contributed by atoms with Crippen LogP contribution < -0.4 is 10.1 Å². The second kappa shape index (κ2) is 6.52. The number of benzene rings is 2. The first-order chi connectivity index (χ1) is 12.7. The van der Waals surface area contributed by atoms with Crippen molar-refractivity contribution < 1.29 is 13.9 Å². The SMILES string of the molecule is COc1cc2c(cc1NC(=O)[C@@H](C)c1ccccn1)oc1ccccc12. The van der Waals surface area contributed by atoms with Crippen molar-refractivity contribution in [3.8, 4) is 5.75 Å². The van der Waals surface area contributed by atoms with Crippen LogP contribution in [0.5, 0.6) is 5.75 Å². The lowest BCUT2D eigenvalue weighted by Crippen LogP contribution is -2.20. The number of amides is 1. The summed E-state index contributed by atoms with van der Waals surface area (Å²) in [6, 6.07) is 17.0. The smallest absolute Gasteiger partial charge is 0.233 e. The number of nitrogens with one attached hydrogen (secondary N) is 1. The summed E-state index contributed by atoms with van der Waals surface area (Å²) >= 11 is 0. The number of pyridine rings is 1. The van der Waals surface area contributed by atoms with E-state index in [0.29, 0.717) is 22.7 Å². The maximum Gasteiger partial charge on any atom is 0.233 e. The number of para-hydroxylation sites is 1. The molecule has 0 aliphatic carbocycles. The number of carbonyl (C=O) groups excluding carboxylic acids is 1. The van der Waals surface area contributed by atoms with Gasteiger partial charge in [0, 0.05) is 23.0 Å². The van der Waals surface area contributed by atoms with Crippen LogP contribution >= 0.6 is 0 Å². The average Bonchev–Trinajstić information content (AvgIpc) is 3.04. The molecule has 0 unspecified atom stereocenters. The summed E-state index contributed by atoms with van der Waals surface area (Å²) in [4.78, 5) is 16.9. The zero-order valence-electron chi connectivity index (χ0n) is 14.5. The van der Waals surface area contributed by atoms with E-state index in [4.69, 9.17) is 9.15 Å². The van der Waals surface area contributed by atoms with Gasteiger partial charge in [-0.25, -0.2) is 0 Å². The predicted octanol–water partition coefficient (Wildman–Crippen LogP) is 4.73. The van der Waals surface area contributed by atoms with Gasteiger partial charge in [-0.1, -0.05) is 24.3 Å². The van der Waals surface area contributed by atoms with Crippen LogP contribution in [0, 0.1) is 0 Å². The fourth-order valence-corrected chi connectivity index (χ4v) is 3.03. The zero-order valence-corrected chi connectivity index (χ0v) is 14.5. The third-order valence-electron chi connectivity index (χ3n) is 4.48. The number of hydrogen-bond donors (Lipinski definition) is 1. The molecule has 0 radical (unpaired) electrons. The third-order valence-corrected chi connectivity index (χ3v) is 4.48. The monoisotopic (exact) mass is 346 g/mol. The van der Waals surface area contributed by atoms with Gasteiger partial charge < -0.3 is 14.5 Å². The summed E-state index contributed by atoms with van der Waals surface area (Å²) < 4.78 is 11.4. The highest BCUT2D eigenvalue weighted by Gasteiger charge is 2.19. The van der Waals surface area contributed by atoms with Gasteiger partial charge in [-0.2, -0.15) is 0 Å². The highest BCUT2D eigenvalue weighted by Crippen LogP contribution is 2.36. The van der Waals surface area contributed by atoms with Gasteiger partial charge in [0.25, 0.3) is 0 Å².